The molecule has 0 aliphatic carbocycles. The number of hydrogen-bond acceptors (Lipinski definition) is 3. The van der Waals surface area contributed by atoms with Crippen molar-refractivity contribution in [3.8, 4) is 5.75 Å². The summed E-state index contributed by atoms with van der Waals surface area (Å²) in [5.41, 5.74) is 4.26. The van der Waals surface area contributed by atoms with Crippen LogP contribution in [0.4, 0.5) is 0 Å². The molecule has 0 aliphatic heterocycles. The molecule has 0 aromatic heterocycles. The number of ether oxygens (including phenoxy) is 2. The van der Waals surface area contributed by atoms with E-state index in [0.29, 0.717) is 6.61 Å². The molecule has 32 heavy (non-hydrogen) atoms. The van der Waals surface area contributed by atoms with Gasteiger partial charge in [0, 0.05) is 6.92 Å². The first-order valence-electron chi connectivity index (χ1n) is 10.7. The van der Waals surface area contributed by atoms with E-state index < -0.39 is 5.41 Å². The molecule has 0 radical (unpaired) electrons. The van der Waals surface area contributed by atoms with E-state index in [-0.39, 0.29) is 12.6 Å². The van der Waals surface area contributed by atoms with Gasteiger partial charge in [-0.15, -0.1) is 0 Å². The molecule has 0 amide bonds. The molecule has 0 atom stereocenters. The Bertz CT molecular complexity index is 1020. The number of carbonyl (C=O) groups is 1. The van der Waals surface area contributed by atoms with E-state index in [4.69, 9.17) is 9.47 Å². The first kappa shape index (κ1) is 21.4. The minimum atomic E-state index is -0.472. The highest BCUT2D eigenvalue weighted by Crippen LogP contribution is 2.45. The zero-order valence-electron chi connectivity index (χ0n) is 18.1. The van der Waals surface area contributed by atoms with Crippen molar-refractivity contribution >= 4 is 5.97 Å². The van der Waals surface area contributed by atoms with Crippen molar-refractivity contribution in [3.05, 3.63) is 138 Å². The molecule has 3 nitrogen and oxygen atoms in total. The molecule has 0 bridgehead atoms. The highest BCUT2D eigenvalue weighted by molar-refractivity contribution is 5.65. The van der Waals surface area contributed by atoms with Crippen LogP contribution < -0.4 is 4.74 Å². The minimum absolute atomic E-state index is 0.235. The van der Waals surface area contributed by atoms with Gasteiger partial charge in [-0.2, -0.15) is 0 Å². The minimum Gasteiger partial charge on any atom is -0.490 e. The van der Waals surface area contributed by atoms with Crippen LogP contribution in [0.15, 0.2) is 115 Å². The Morgan fingerprint density at radius 2 is 1.00 bits per heavy atom. The summed E-state index contributed by atoms with van der Waals surface area (Å²) in [5.74, 6) is 0.436. The SMILES string of the molecule is CC(=O)OCCOc1ccc(C(c2ccccc2)(c2ccccc2)c2ccccc2)cc1. The third-order valence-electron chi connectivity index (χ3n) is 5.57. The Hall–Kier alpha value is -3.85. The lowest BCUT2D eigenvalue weighted by Gasteiger charge is -2.36. The molecule has 0 spiro atoms. The molecule has 0 unspecified atom stereocenters. The molecule has 160 valence electrons. The summed E-state index contributed by atoms with van der Waals surface area (Å²) in [6.07, 6.45) is 0. The summed E-state index contributed by atoms with van der Waals surface area (Å²) >= 11 is 0. The Labute approximate surface area is 189 Å². The molecule has 4 aromatic carbocycles. The molecule has 4 aromatic rings. The van der Waals surface area contributed by atoms with Crippen LogP contribution in [0.25, 0.3) is 0 Å². The second-order valence-corrected chi connectivity index (χ2v) is 7.56. The van der Waals surface area contributed by atoms with E-state index in [1.165, 1.54) is 23.6 Å². The molecular formula is C29H26O3. The maximum Gasteiger partial charge on any atom is 0.302 e. The number of benzene rings is 4. The quantitative estimate of drug-likeness (QED) is 0.198. The molecule has 0 aliphatic rings. The normalized spacial score (nSPS) is 11.0. The number of esters is 1. The van der Waals surface area contributed by atoms with Gasteiger partial charge in [0.05, 0.1) is 5.41 Å². The summed E-state index contributed by atoms with van der Waals surface area (Å²) in [5, 5.41) is 0. The first-order chi connectivity index (χ1) is 15.7. The number of carbonyl (C=O) groups excluding carboxylic acids is 1. The van der Waals surface area contributed by atoms with Gasteiger partial charge >= 0.3 is 5.97 Å². The topological polar surface area (TPSA) is 35.5 Å². The van der Waals surface area contributed by atoms with Crippen molar-refractivity contribution in [1.29, 1.82) is 0 Å². The van der Waals surface area contributed by atoms with Crippen LogP contribution in [-0.2, 0) is 14.9 Å². The van der Waals surface area contributed by atoms with Crippen molar-refractivity contribution in [2.75, 3.05) is 13.2 Å². The van der Waals surface area contributed by atoms with Crippen LogP contribution in [0.5, 0.6) is 5.75 Å². The van der Waals surface area contributed by atoms with Crippen LogP contribution in [0.1, 0.15) is 29.2 Å². The number of hydrogen-bond donors (Lipinski definition) is 0. The molecule has 0 fully saturated rings. The predicted molar refractivity (Wildman–Crippen MR) is 127 cm³/mol. The van der Waals surface area contributed by atoms with Gasteiger partial charge in [-0.1, -0.05) is 103 Å². The average molecular weight is 423 g/mol. The summed E-state index contributed by atoms with van der Waals surface area (Å²) in [7, 11) is 0. The van der Waals surface area contributed by atoms with Gasteiger partial charge in [0.15, 0.2) is 0 Å². The molecule has 3 heteroatoms. The Morgan fingerprint density at radius 1 is 0.594 bits per heavy atom. The fourth-order valence-electron chi connectivity index (χ4n) is 4.21. The highest BCUT2D eigenvalue weighted by atomic mass is 16.6. The van der Waals surface area contributed by atoms with E-state index in [1.807, 2.05) is 30.3 Å². The first-order valence-corrected chi connectivity index (χ1v) is 10.7. The highest BCUT2D eigenvalue weighted by Gasteiger charge is 2.38. The van der Waals surface area contributed by atoms with Crippen LogP contribution in [0.2, 0.25) is 0 Å². The average Bonchev–Trinajstić information content (AvgIpc) is 2.85. The maximum atomic E-state index is 10.9. The molecule has 0 heterocycles. The van der Waals surface area contributed by atoms with Crippen LogP contribution >= 0.6 is 0 Å². The molecule has 4 rings (SSSR count). The summed E-state index contributed by atoms with van der Waals surface area (Å²) < 4.78 is 10.7. The lowest BCUT2D eigenvalue weighted by atomic mass is 9.65. The van der Waals surface area contributed by atoms with Gasteiger partial charge in [0.2, 0.25) is 0 Å². The molecular weight excluding hydrogens is 396 g/mol. The third-order valence-corrected chi connectivity index (χ3v) is 5.57. The van der Waals surface area contributed by atoms with Crippen molar-refractivity contribution in [2.24, 2.45) is 0 Å². The molecule has 0 saturated heterocycles. The smallest absolute Gasteiger partial charge is 0.302 e. The van der Waals surface area contributed by atoms with Gasteiger partial charge in [-0.3, -0.25) is 4.79 Å². The summed E-state index contributed by atoms with van der Waals surface area (Å²) in [6, 6.07) is 40.0. The largest absolute Gasteiger partial charge is 0.490 e. The van der Waals surface area contributed by atoms with Gasteiger partial charge in [0.25, 0.3) is 0 Å². The Morgan fingerprint density at radius 3 is 1.41 bits per heavy atom. The molecule has 0 N–H and O–H groups in total. The van der Waals surface area contributed by atoms with Crippen molar-refractivity contribution in [2.45, 2.75) is 12.3 Å². The Kier molecular flexibility index (Phi) is 6.66. The lowest BCUT2D eigenvalue weighted by molar-refractivity contribution is -0.141. The van der Waals surface area contributed by atoms with Crippen LogP contribution in [0.3, 0.4) is 0 Å². The fraction of sp³-hybridized carbons (Fsp3) is 0.138. The summed E-state index contributed by atoms with van der Waals surface area (Å²) in [6.45, 7) is 1.95. The second kappa shape index (κ2) is 9.97. The van der Waals surface area contributed by atoms with Crippen molar-refractivity contribution in [1.82, 2.24) is 0 Å². The number of rotatable bonds is 8. The zero-order valence-corrected chi connectivity index (χ0v) is 18.1. The Balaban J connectivity index is 1.81. The van der Waals surface area contributed by atoms with Crippen molar-refractivity contribution < 1.29 is 14.3 Å². The van der Waals surface area contributed by atoms with E-state index in [9.17, 15) is 4.79 Å². The van der Waals surface area contributed by atoms with Gasteiger partial charge in [0.1, 0.15) is 19.0 Å². The van der Waals surface area contributed by atoms with Crippen LogP contribution in [0, 0.1) is 0 Å². The standard InChI is InChI=1S/C29H26O3/c1-23(30)31-21-22-32-28-19-17-27(18-20-28)29(24-11-5-2-6-12-24,25-13-7-3-8-14-25)26-15-9-4-10-16-26/h2-20H,21-22H2,1H3. The van der Waals surface area contributed by atoms with Gasteiger partial charge < -0.3 is 9.47 Å². The summed E-state index contributed by atoms with van der Waals surface area (Å²) in [4.78, 5) is 10.9. The second-order valence-electron chi connectivity index (χ2n) is 7.56. The van der Waals surface area contributed by atoms with Gasteiger partial charge in [-0.05, 0) is 34.4 Å². The predicted octanol–water partition coefficient (Wildman–Crippen LogP) is 6.01. The van der Waals surface area contributed by atoms with Gasteiger partial charge in [-0.25, -0.2) is 0 Å². The van der Waals surface area contributed by atoms with Crippen molar-refractivity contribution in [3.63, 3.8) is 0 Å². The van der Waals surface area contributed by atoms with E-state index >= 15 is 0 Å². The fourth-order valence-corrected chi connectivity index (χ4v) is 4.21. The van der Waals surface area contributed by atoms with Crippen LogP contribution in [-0.4, -0.2) is 19.2 Å². The van der Waals surface area contributed by atoms with E-state index in [0.717, 1.165) is 11.3 Å². The third kappa shape index (κ3) is 4.42. The van der Waals surface area contributed by atoms with E-state index in [1.54, 1.807) is 0 Å². The lowest BCUT2D eigenvalue weighted by Crippen LogP contribution is -2.30. The van der Waals surface area contributed by atoms with E-state index in [2.05, 4.69) is 84.9 Å². The zero-order chi connectivity index (χ0) is 22.2. The maximum absolute atomic E-state index is 10.9. The molecule has 0 saturated carbocycles. The monoisotopic (exact) mass is 422 g/mol.